The van der Waals surface area contributed by atoms with Crippen LogP contribution in [0.4, 0.5) is 11.6 Å². The van der Waals surface area contributed by atoms with Crippen LogP contribution in [0.25, 0.3) is 17.3 Å². The molecule has 2 aromatic carbocycles. The zero-order valence-corrected chi connectivity index (χ0v) is 25.3. The van der Waals surface area contributed by atoms with Crippen molar-refractivity contribution in [2.24, 2.45) is 13.0 Å². The third kappa shape index (κ3) is 7.34. The first-order valence-corrected chi connectivity index (χ1v) is 15.5. The Bertz CT molecular complexity index is 1640. The average molecular weight is 588 g/mol. The summed E-state index contributed by atoms with van der Waals surface area (Å²) in [6.07, 6.45) is 7.83. The van der Waals surface area contributed by atoms with E-state index in [9.17, 15) is 8.42 Å². The molecule has 11 heteroatoms. The van der Waals surface area contributed by atoms with E-state index < -0.39 is 10.0 Å². The van der Waals surface area contributed by atoms with E-state index in [4.69, 9.17) is 4.74 Å². The van der Waals surface area contributed by atoms with Crippen LogP contribution in [0.5, 0.6) is 11.6 Å². The second-order valence-electron chi connectivity index (χ2n) is 10.9. The fourth-order valence-electron chi connectivity index (χ4n) is 4.63. The van der Waals surface area contributed by atoms with Crippen LogP contribution in [0.1, 0.15) is 25.8 Å². The summed E-state index contributed by atoms with van der Waals surface area (Å²) >= 11 is 0. The maximum Gasteiger partial charge on any atom is 0.267 e. The Morgan fingerprint density at radius 2 is 1.74 bits per heavy atom. The van der Waals surface area contributed by atoms with E-state index in [1.54, 1.807) is 13.1 Å². The lowest BCUT2D eigenvalue weighted by molar-refractivity contribution is 0.313. The number of allylic oxidation sites excluding steroid dienone is 1. The van der Waals surface area contributed by atoms with Crippen molar-refractivity contribution in [1.82, 2.24) is 24.6 Å². The number of sulfonamides is 1. The summed E-state index contributed by atoms with van der Waals surface area (Å²) in [5, 5.41) is 3.98. The van der Waals surface area contributed by atoms with Gasteiger partial charge in [0.2, 0.25) is 11.8 Å². The minimum absolute atomic E-state index is 0.0120. The van der Waals surface area contributed by atoms with Crippen LogP contribution < -0.4 is 14.4 Å². The average Bonchev–Trinajstić information content (AvgIpc) is 3.41. The van der Waals surface area contributed by atoms with Crippen molar-refractivity contribution < 1.29 is 13.2 Å². The molecule has 4 aromatic rings. The number of nitrogens with one attached hydrogen (secondary N) is 1. The summed E-state index contributed by atoms with van der Waals surface area (Å²) in [6.45, 7) is 8.32. The molecule has 0 radical (unpaired) electrons. The van der Waals surface area contributed by atoms with Crippen molar-refractivity contribution in [2.75, 3.05) is 42.8 Å². The Morgan fingerprint density at radius 3 is 2.43 bits per heavy atom. The van der Waals surface area contributed by atoms with Crippen LogP contribution >= 0.6 is 0 Å². The molecule has 1 aliphatic rings. The van der Waals surface area contributed by atoms with Gasteiger partial charge in [0, 0.05) is 56.7 Å². The number of hydrogen-bond donors (Lipinski definition) is 1. The number of aromatic nitrogens is 4. The molecule has 0 saturated carbocycles. The molecule has 0 spiro atoms. The number of nitrogens with zero attached hydrogens (tertiary/aromatic N) is 6. The molecular weight excluding hydrogens is 550 g/mol. The van der Waals surface area contributed by atoms with E-state index in [0.717, 1.165) is 49.4 Å². The predicted octanol–water partition coefficient (Wildman–Crippen LogP) is 5.28. The Balaban J connectivity index is 1.47. The normalized spacial score (nSPS) is 14.5. The Morgan fingerprint density at radius 1 is 1.00 bits per heavy atom. The first kappa shape index (κ1) is 29.3. The number of rotatable bonds is 10. The van der Waals surface area contributed by atoms with Gasteiger partial charge in [0.15, 0.2) is 0 Å². The SMILES string of the molecule is CC(C)C/C=C\c1ccccc1-c1cc(Oc2ccc(N3CCN(C)CC3)cc2)nc(NS(=O)(=O)c2cnn(C)c2)n1. The van der Waals surface area contributed by atoms with Crippen molar-refractivity contribution in [3.05, 3.63) is 78.6 Å². The Kier molecular flexibility index (Phi) is 8.89. The minimum Gasteiger partial charge on any atom is -0.439 e. The van der Waals surface area contributed by atoms with Gasteiger partial charge in [-0.15, -0.1) is 0 Å². The second-order valence-corrected chi connectivity index (χ2v) is 12.6. The molecule has 3 heterocycles. The van der Waals surface area contributed by atoms with E-state index in [1.165, 1.54) is 17.1 Å². The summed E-state index contributed by atoms with van der Waals surface area (Å²) in [7, 11) is -0.186. The fraction of sp³-hybridized carbons (Fsp3) is 0.323. The first-order valence-electron chi connectivity index (χ1n) is 14.0. The molecule has 42 heavy (non-hydrogen) atoms. The van der Waals surface area contributed by atoms with Crippen LogP contribution in [0.2, 0.25) is 0 Å². The number of hydrogen-bond acceptors (Lipinski definition) is 8. The second kappa shape index (κ2) is 12.7. The van der Waals surface area contributed by atoms with Crippen molar-refractivity contribution in [1.29, 1.82) is 0 Å². The number of ether oxygens (including phenoxy) is 1. The van der Waals surface area contributed by atoms with Gasteiger partial charge in [0.1, 0.15) is 10.6 Å². The molecule has 0 aliphatic carbocycles. The van der Waals surface area contributed by atoms with Gasteiger partial charge in [-0.25, -0.2) is 18.1 Å². The van der Waals surface area contributed by atoms with Crippen LogP contribution in [0.15, 0.2) is 78.0 Å². The van der Waals surface area contributed by atoms with Crippen molar-refractivity contribution in [2.45, 2.75) is 25.2 Å². The van der Waals surface area contributed by atoms with Crippen molar-refractivity contribution in [3.63, 3.8) is 0 Å². The monoisotopic (exact) mass is 587 g/mol. The first-order chi connectivity index (χ1) is 20.2. The molecule has 220 valence electrons. The van der Waals surface area contributed by atoms with Crippen molar-refractivity contribution >= 4 is 27.7 Å². The van der Waals surface area contributed by atoms with Crippen LogP contribution in [0, 0.1) is 5.92 Å². The van der Waals surface area contributed by atoms with E-state index in [-0.39, 0.29) is 16.7 Å². The molecule has 1 fully saturated rings. The number of anilines is 2. The van der Waals surface area contributed by atoms with Crippen molar-refractivity contribution in [3.8, 4) is 22.9 Å². The van der Waals surface area contributed by atoms with Gasteiger partial charge in [0.05, 0.1) is 11.9 Å². The number of piperazine rings is 1. The molecule has 0 bridgehead atoms. The third-order valence-corrected chi connectivity index (χ3v) is 8.27. The summed E-state index contributed by atoms with van der Waals surface area (Å²) in [6, 6.07) is 17.4. The summed E-state index contributed by atoms with van der Waals surface area (Å²) in [5.41, 5.74) is 3.45. The van der Waals surface area contributed by atoms with E-state index in [1.807, 2.05) is 48.5 Å². The van der Waals surface area contributed by atoms with Gasteiger partial charge in [-0.05, 0) is 49.2 Å². The van der Waals surface area contributed by atoms with E-state index in [0.29, 0.717) is 17.4 Å². The van der Waals surface area contributed by atoms with Gasteiger partial charge >= 0.3 is 0 Å². The minimum atomic E-state index is -3.97. The lowest BCUT2D eigenvalue weighted by Gasteiger charge is -2.34. The third-order valence-electron chi connectivity index (χ3n) is 6.99. The van der Waals surface area contributed by atoms with Crippen LogP contribution in [0.3, 0.4) is 0 Å². The summed E-state index contributed by atoms with van der Waals surface area (Å²) in [5.74, 6) is 1.24. The molecule has 0 unspecified atom stereocenters. The van der Waals surface area contributed by atoms with E-state index >= 15 is 0 Å². The molecule has 5 rings (SSSR count). The molecule has 2 aromatic heterocycles. The molecule has 1 aliphatic heterocycles. The quantitative estimate of drug-likeness (QED) is 0.267. The number of benzene rings is 2. The molecule has 0 amide bonds. The molecule has 0 atom stereocenters. The topological polar surface area (TPSA) is 105 Å². The highest BCUT2D eigenvalue weighted by Gasteiger charge is 2.20. The molecule has 1 N–H and O–H groups in total. The van der Waals surface area contributed by atoms with Gasteiger partial charge in [0.25, 0.3) is 10.0 Å². The van der Waals surface area contributed by atoms with Crippen LogP contribution in [-0.2, 0) is 17.1 Å². The Labute approximate surface area is 247 Å². The van der Waals surface area contributed by atoms with Gasteiger partial charge in [-0.3, -0.25) is 4.68 Å². The maximum absolute atomic E-state index is 13.1. The summed E-state index contributed by atoms with van der Waals surface area (Å²) in [4.78, 5) is 13.7. The number of likely N-dealkylation sites (N-methyl/N-ethyl adjacent to an activating group) is 1. The maximum atomic E-state index is 13.1. The molecule has 10 nitrogen and oxygen atoms in total. The van der Waals surface area contributed by atoms with Gasteiger partial charge < -0.3 is 14.5 Å². The lowest BCUT2D eigenvalue weighted by atomic mass is 10.0. The van der Waals surface area contributed by atoms with Gasteiger partial charge in [-0.1, -0.05) is 50.3 Å². The standard InChI is InChI=1S/C31H37N7O3S/c1-23(2)8-7-10-24-9-5-6-11-28(24)29-20-30(34-31(33-29)35-42(39,40)27-21-32-37(4)22-27)41-26-14-12-25(13-15-26)38-18-16-36(3)17-19-38/h5-7,9-15,20-23H,8,16-19H2,1-4H3,(H,33,34,35)/b10-7-. The zero-order valence-electron chi connectivity index (χ0n) is 24.4. The smallest absolute Gasteiger partial charge is 0.267 e. The highest BCUT2D eigenvalue weighted by atomic mass is 32.2. The highest BCUT2D eigenvalue weighted by molar-refractivity contribution is 7.92. The highest BCUT2D eigenvalue weighted by Crippen LogP contribution is 2.31. The summed E-state index contributed by atoms with van der Waals surface area (Å²) < 4.78 is 36.3. The van der Waals surface area contributed by atoms with E-state index in [2.05, 4.69) is 62.6 Å². The number of aryl methyl sites for hydroxylation is 1. The van der Waals surface area contributed by atoms with Crippen LogP contribution in [-0.4, -0.2) is 66.3 Å². The fourth-order valence-corrected chi connectivity index (χ4v) is 5.56. The Hall–Kier alpha value is -4.22. The zero-order chi connectivity index (χ0) is 29.7. The van der Waals surface area contributed by atoms with Gasteiger partial charge in [-0.2, -0.15) is 10.1 Å². The largest absolute Gasteiger partial charge is 0.439 e. The molecule has 1 saturated heterocycles. The molecular formula is C31H37N7O3S. The lowest BCUT2D eigenvalue weighted by Crippen LogP contribution is -2.44. The predicted molar refractivity (Wildman–Crippen MR) is 166 cm³/mol.